The molecule has 2 rings (SSSR count). The monoisotopic (exact) mass is 229 g/mol. The molecule has 0 bridgehead atoms. The van der Waals surface area contributed by atoms with Gasteiger partial charge < -0.3 is 10.4 Å². The largest absolute Gasteiger partial charge is 0.396 e. The van der Waals surface area contributed by atoms with Gasteiger partial charge in [0.1, 0.15) is 0 Å². The standard InChI is InChI=1S/C12H23NOS/c14-10-12(5-1-2-6-12)9-13-11-4-3-7-15-8-11/h11,13-14H,1-10H2. The fourth-order valence-electron chi connectivity index (χ4n) is 2.78. The van der Waals surface area contributed by atoms with Gasteiger partial charge in [-0.05, 0) is 31.4 Å². The predicted molar refractivity (Wildman–Crippen MR) is 66.3 cm³/mol. The lowest BCUT2D eigenvalue weighted by Gasteiger charge is -2.31. The Hall–Kier alpha value is 0.270. The average Bonchev–Trinajstić information content (AvgIpc) is 2.77. The number of thioether (sulfide) groups is 1. The van der Waals surface area contributed by atoms with Gasteiger partial charge in [0.25, 0.3) is 0 Å². The van der Waals surface area contributed by atoms with E-state index in [1.54, 1.807) is 0 Å². The van der Waals surface area contributed by atoms with E-state index in [0.29, 0.717) is 12.6 Å². The zero-order valence-corrected chi connectivity index (χ0v) is 10.3. The van der Waals surface area contributed by atoms with Gasteiger partial charge >= 0.3 is 0 Å². The van der Waals surface area contributed by atoms with Crippen LogP contribution in [0.2, 0.25) is 0 Å². The molecule has 0 spiro atoms. The van der Waals surface area contributed by atoms with Crippen molar-refractivity contribution in [3.63, 3.8) is 0 Å². The number of hydrogen-bond acceptors (Lipinski definition) is 3. The van der Waals surface area contributed by atoms with Crippen molar-refractivity contribution in [2.45, 2.75) is 44.6 Å². The van der Waals surface area contributed by atoms with Gasteiger partial charge in [0, 0.05) is 30.4 Å². The van der Waals surface area contributed by atoms with Crippen molar-refractivity contribution in [1.82, 2.24) is 5.32 Å². The van der Waals surface area contributed by atoms with Crippen LogP contribution >= 0.6 is 11.8 Å². The molecule has 0 radical (unpaired) electrons. The predicted octanol–water partition coefficient (Wildman–Crippen LogP) is 2.02. The highest BCUT2D eigenvalue weighted by Crippen LogP contribution is 2.37. The van der Waals surface area contributed by atoms with Crippen molar-refractivity contribution in [1.29, 1.82) is 0 Å². The van der Waals surface area contributed by atoms with Gasteiger partial charge in [0.15, 0.2) is 0 Å². The quantitative estimate of drug-likeness (QED) is 0.773. The first-order valence-corrected chi connectivity index (χ1v) is 7.42. The summed E-state index contributed by atoms with van der Waals surface area (Å²) < 4.78 is 0. The SMILES string of the molecule is OCC1(CNC2CCCSC2)CCCC1. The van der Waals surface area contributed by atoms with E-state index in [4.69, 9.17) is 0 Å². The number of nitrogens with one attached hydrogen (secondary N) is 1. The maximum Gasteiger partial charge on any atom is 0.0499 e. The molecule has 2 fully saturated rings. The molecular formula is C12H23NOS. The van der Waals surface area contributed by atoms with Crippen molar-refractivity contribution in [2.24, 2.45) is 5.41 Å². The second-order valence-corrected chi connectivity index (χ2v) is 6.31. The minimum atomic E-state index is 0.224. The smallest absolute Gasteiger partial charge is 0.0499 e. The summed E-state index contributed by atoms with van der Waals surface area (Å²) in [5, 5.41) is 13.2. The van der Waals surface area contributed by atoms with Crippen molar-refractivity contribution in [3.8, 4) is 0 Å². The maximum absolute atomic E-state index is 9.50. The zero-order valence-electron chi connectivity index (χ0n) is 9.50. The van der Waals surface area contributed by atoms with Crippen LogP contribution in [-0.2, 0) is 0 Å². The van der Waals surface area contributed by atoms with E-state index in [0.717, 1.165) is 6.54 Å². The molecule has 2 nitrogen and oxygen atoms in total. The van der Waals surface area contributed by atoms with Crippen LogP contribution < -0.4 is 5.32 Å². The Balaban J connectivity index is 1.75. The Kier molecular flexibility index (Phi) is 4.35. The van der Waals surface area contributed by atoms with Gasteiger partial charge in [-0.15, -0.1) is 0 Å². The second kappa shape index (κ2) is 5.55. The number of rotatable bonds is 4. The van der Waals surface area contributed by atoms with Crippen LogP contribution in [0.5, 0.6) is 0 Å². The maximum atomic E-state index is 9.50. The topological polar surface area (TPSA) is 32.3 Å². The third kappa shape index (κ3) is 3.11. The highest BCUT2D eigenvalue weighted by molar-refractivity contribution is 7.99. The van der Waals surface area contributed by atoms with Crippen LogP contribution in [0.4, 0.5) is 0 Å². The highest BCUT2D eigenvalue weighted by atomic mass is 32.2. The van der Waals surface area contributed by atoms with E-state index in [1.807, 2.05) is 0 Å². The molecule has 1 saturated carbocycles. The fraction of sp³-hybridized carbons (Fsp3) is 1.00. The Labute approximate surface area is 97.2 Å². The summed E-state index contributed by atoms with van der Waals surface area (Å²) in [4.78, 5) is 0. The molecule has 1 heterocycles. The van der Waals surface area contributed by atoms with Crippen LogP contribution in [0.3, 0.4) is 0 Å². The average molecular weight is 229 g/mol. The van der Waals surface area contributed by atoms with E-state index in [2.05, 4.69) is 17.1 Å². The van der Waals surface area contributed by atoms with Crippen LogP contribution in [0.1, 0.15) is 38.5 Å². The minimum absolute atomic E-state index is 0.224. The lowest BCUT2D eigenvalue weighted by Crippen LogP contribution is -2.42. The molecule has 88 valence electrons. The second-order valence-electron chi connectivity index (χ2n) is 5.16. The molecular weight excluding hydrogens is 206 g/mol. The number of aliphatic hydroxyl groups excluding tert-OH is 1. The summed E-state index contributed by atoms with van der Waals surface area (Å²) in [5.74, 6) is 2.60. The van der Waals surface area contributed by atoms with Crippen LogP contribution in [0.15, 0.2) is 0 Å². The molecule has 0 amide bonds. The molecule has 15 heavy (non-hydrogen) atoms. The van der Waals surface area contributed by atoms with Gasteiger partial charge in [-0.1, -0.05) is 12.8 Å². The summed E-state index contributed by atoms with van der Waals surface area (Å²) in [5.41, 5.74) is 0.224. The first kappa shape index (κ1) is 11.7. The van der Waals surface area contributed by atoms with E-state index in [-0.39, 0.29) is 5.41 Å². The lowest BCUT2D eigenvalue weighted by molar-refractivity contribution is 0.125. The summed E-state index contributed by atoms with van der Waals surface area (Å²) in [6, 6.07) is 0.702. The molecule has 3 heteroatoms. The number of hydrogen-bond donors (Lipinski definition) is 2. The van der Waals surface area contributed by atoms with Crippen LogP contribution in [0.25, 0.3) is 0 Å². The molecule has 1 aliphatic carbocycles. The van der Waals surface area contributed by atoms with E-state index >= 15 is 0 Å². The Bertz CT molecular complexity index is 186. The van der Waals surface area contributed by atoms with E-state index < -0.39 is 0 Å². The van der Waals surface area contributed by atoms with Gasteiger partial charge in [0.2, 0.25) is 0 Å². The van der Waals surface area contributed by atoms with Crippen molar-refractivity contribution >= 4 is 11.8 Å². The molecule has 0 aromatic rings. The van der Waals surface area contributed by atoms with Crippen molar-refractivity contribution in [3.05, 3.63) is 0 Å². The number of aliphatic hydroxyl groups is 1. The Morgan fingerprint density at radius 2 is 2.07 bits per heavy atom. The van der Waals surface area contributed by atoms with Gasteiger partial charge in [-0.3, -0.25) is 0 Å². The molecule has 2 N–H and O–H groups in total. The van der Waals surface area contributed by atoms with Crippen molar-refractivity contribution in [2.75, 3.05) is 24.7 Å². The first-order chi connectivity index (χ1) is 7.35. The summed E-state index contributed by atoms with van der Waals surface area (Å²) in [6.07, 6.45) is 7.74. The zero-order chi connectivity index (χ0) is 10.6. The molecule has 1 atom stereocenters. The Morgan fingerprint density at radius 3 is 2.67 bits per heavy atom. The summed E-state index contributed by atoms with van der Waals surface area (Å²) >= 11 is 2.07. The van der Waals surface area contributed by atoms with Crippen LogP contribution in [-0.4, -0.2) is 35.8 Å². The molecule has 2 aliphatic rings. The third-order valence-corrected chi connectivity index (χ3v) is 5.14. The first-order valence-electron chi connectivity index (χ1n) is 6.27. The van der Waals surface area contributed by atoms with Gasteiger partial charge in [-0.2, -0.15) is 11.8 Å². The third-order valence-electron chi connectivity index (χ3n) is 3.93. The summed E-state index contributed by atoms with van der Waals surface area (Å²) in [6.45, 7) is 1.41. The van der Waals surface area contributed by atoms with E-state index in [1.165, 1.54) is 50.0 Å². The normalized spacial score (nSPS) is 30.6. The summed E-state index contributed by atoms with van der Waals surface area (Å²) in [7, 11) is 0. The highest BCUT2D eigenvalue weighted by Gasteiger charge is 2.33. The van der Waals surface area contributed by atoms with E-state index in [9.17, 15) is 5.11 Å². The molecule has 1 saturated heterocycles. The fourth-order valence-corrected chi connectivity index (χ4v) is 3.88. The molecule has 0 aromatic carbocycles. The molecule has 1 unspecified atom stereocenters. The lowest BCUT2D eigenvalue weighted by atomic mass is 9.87. The van der Waals surface area contributed by atoms with Gasteiger partial charge in [-0.25, -0.2) is 0 Å². The molecule has 1 aliphatic heterocycles. The molecule has 0 aromatic heterocycles. The Morgan fingerprint density at radius 1 is 1.27 bits per heavy atom. The minimum Gasteiger partial charge on any atom is -0.396 e. The van der Waals surface area contributed by atoms with Crippen LogP contribution in [0, 0.1) is 5.41 Å². The van der Waals surface area contributed by atoms with Crippen molar-refractivity contribution < 1.29 is 5.11 Å². The van der Waals surface area contributed by atoms with Gasteiger partial charge in [0.05, 0.1) is 0 Å².